The lowest BCUT2D eigenvalue weighted by atomic mass is 10.4. The highest BCUT2D eigenvalue weighted by atomic mass is 32.2. The molecule has 1 heterocycles. The molecule has 1 N–H and O–H groups in total. The molecule has 4 nitrogen and oxygen atoms in total. The van der Waals surface area contributed by atoms with E-state index in [4.69, 9.17) is 5.11 Å². The minimum atomic E-state index is 0.288. The van der Waals surface area contributed by atoms with Crippen LogP contribution in [-0.4, -0.2) is 32.2 Å². The van der Waals surface area contributed by atoms with Gasteiger partial charge >= 0.3 is 0 Å². The van der Waals surface area contributed by atoms with E-state index in [1.165, 1.54) is 12.8 Å². The Kier molecular flexibility index (Phi) is 3.42. The molecule has 1 aromatic rings. The zero-order valence-corrected chi connectivity index (χ0v) is 8.91. The Hall–Kier alpha value is -0.550. The Labute approximate surface area is 87.7 Å². The van der Waals surface area contributed by atoms with Gasteiger partial charge in [0, 0.05) is 18.4 Å². The van der Waals surface area contributed by atoms with Gasteiger partial charge in [-0.15, -0.1) is 10.2 Å². The van der Waals surface area contributed by atoms with Crippen molar-refractivity contribution in [1.29, 1.82) is 0 Å². The summed E-state index contributed by atoms with van der Waals surface area (Å²) in [6.45, 7) is 0.288. The van der Waals surface area contributed by atoms with Crippen molar-refractivity contribution in [2.75, 3.05) is 12.4 Å². The van der Waals surface area contributed by atoms with Crippen molar-refractivity contribution in [3.8, 4) is 0 Å². The Morgan fingerprint density at radius 3 is 3.07 bits per heavy atom. The van der Waals surface area contributed by atoms with Crippen LogP contribution in [0.3, 0.4) is 0 Å². The van der Waals surface area contributed by atoms with E-state index in [-0.39, 0.29) is 6.61 Å². The van der Waals surface area contributed by atoms with Crippen molar-refractivity contribution in [1.82, 2.24) is 14.8 Å². The molecule has 0 saturated heterocycles. The van der Waals surface area contributed by atoms with Gasteiger partial charge in [0.25, 0.3) is 0 Å². The van der Waals surface area contributed by atoms with Gasteiger partial charge in [0.15, 0.2) is 5.16 Å². The number of hydrogen-bond donors (Lipinski definition) is 1. The fraction of sp³-hybridized carbons (Fsp3) is 0.778. The van der Waals surface area contributed by atoms with Crippen molar-refractivity contribution in [2.24, 2.45) is 0 Å². The third-order valence-corrected chi connectivity index (χ3v) is 3.31. The molecule has 1 saturated carbocycles. The van der Waals surface area contributed by atoms with Crippen LogP contribution in [0.1, 0.15) is 31.7 Å². The average Bonchev–Trinajstić information content (AvgIpc) is 2.94. The summed E-state index contributed by atoms with van der Waals surface area (Å²) in [6, 6.07) is 0.658. The zero-order valence-electron chi connectivity index (χ0n) is 8.09. The van der Waals surface area contributed by atoms with Crippen LogP contribution >= 0.6 is 11.8 Å². The Morgan fingerprint density at radius 1 is 1.50 bits per heavy atom. The fourth-order valence-corrected chi connectivity index (χ4v) is 2.30. The van der Waals surface area contributed by atoms with E-state index in [0.717, 1.165) is 23.8 Å². The van der Waals surface area contributed by atoms with Crippen LogP contribution in [0, 0.1) is 0 Å². The number of aliphatic hydroxyl groups excluding tert-OH is 1. The van der Waals surface area contributed by atoms with Gasteiger partial charge in [-0.25, -0.2) is 0 Å². The van der Waals surface area contributed by atoms with E-state index in [1.54, 1.807) is 11.8 Å². The van der Waals surface area contributed by atoms with E-state index in [2.05, 4.69) is 14.8 Å². The second-order valence-electron chi connectivity index (χ2n) is 3.53. The van der Waals surface area contributed by atoms with Gasteiger partial charge in [-0.1, -0.05) is 11.8 Å². The second-order valence-corrected chi connectivity index (χ2v) is 4.59. The summed E-state index contributed by atoms with van der Waals surface area (Å²) in [5, 5.41) is 17.7. The first kappa shape index (κ1) is 9.98. The van der Waals surface area contributed by atoms with E-state index in [1.807, 2.05) is 6.33 Å². The van der Waals surface area contributed by atoms with Crippen LogP contribution in [-0.2, 0) is 0 Å². The van der Waals surface area contributed by atoms with E-state index >= 15 is 0 Å². The molecule has 78 valence electrons. The number of thioether (sulfide) groups is 1. The van der Waals surface area contributed by atoms with Crippen LogP contribution in [0.25, 0.3) is 0 Å². The topological polar surface area (TPSA) is 50.9 Å². The molecule has 0 aliphatic heterocycles. The van der Waals surface area contributed by atoms with Gasteiger partial charge in [-0.3, -0.25) is 0 Å². The molecular formula is C9H15N3OS. The lowest BCUT2D eigenvalue weighted by Gasteiger charge is -2.02. The van der Waals surface area contributed by atoms with E-state index < -0.39 is 0 Å². The van der Waals surface area contributed by atoms with Crippen LogP contribution in [0.2, 0.25) is 0 Å². The maximum absolute atomic E-state index is 8.63. The van der Waals surface area contributed by atoms with Crippen molar-refractivity contribution < 1.29 is 5.11 Å². The predicted molar refractivity (Wildman–Crippen MR) is 55.3 cm³/mol. The molecule has 1 aromatic heterocycles. The van der Waals surface area contributed by atoms with Gasteiger partial charge < -0.3 is 9.67 Å². The monoisotopic (exact) mass is 213 g/mol. The minimum absolute atomic E-state index is 0.288. The highest BCUT2D eigenvalue weighted by molar-refractivity contribution is 7.99. The third-order valence-electron chi connectivity index (χ3n) is 2.26. The lowest BCUT2D eigenvalue weighted by Crippen LogP contribution is -1.95. The molecule has 5 heteroatoms. The SMILES string of the molecule is OCCCCSc1nncn1C1CC1. The maximum atomic E-state index is 8.63. The molecule has 1 aliphatic carbocycles. The van der Waals surface area contributed by atoms with Gasteiger partial charge in [0.2, 0.25) is 0 Å². The zero-order chi connectivity index (χ0) is 9.80. The van der Waals surface area contributed by atoms with E-state index in [0.29, 0.717) is 6.04 Å². The molecule has 1 fully saturated rings. The highest BCUT2D eigenvalue weighted by Crippen LogP contribution is 2.37. The number of hydrogen-bond acceptors (Lipinski definition) is 4. The second kappa shape index (κ2) is 4.79. The number of rotatable bonds is 6. The summed E-state index contributed by atoms with van der Waals surface area (Å²) in [5.41, 5.74) is 0. The Morgan fingerprint density at radius 2 is 2.36 bits per heavy atom. The number of nitrogens with zero attached hydrogens (tertiary/aromatic N) is 3. The van der Waals surface area contributed by atoms with E-state index in [9.17, 15) is 0 Å². The summed E-state index contributed by atoms with van der Waals surface area (Å²) in [6.07, 6.45) is 6.28. The van der Waals surface area contributed by atoms with Crippen LogP contribution < -0.4 is 0 Å². The summed E-state index contributed by atoms with van der Waals surface area (Å²) in [4.78, 5) is 0. The molecule has 0 bridgehead atoms. The van der Waals surface area contributed by atoms with Gasteiger partial charge in [0.05, 0.1) is 0 Å². The maximum Gasteiger partial charge on any atom is 0.191 e. The molecule has 0 unspecified atom stereocenters. The largest absolute Gasteiger partial charge is 0.396 e. The first-order valence-electron chi connectivity index (χ1n) is 5.05. The van der Waals surface area contributed by atoms with Crippen LogP contribution in [0.15, 0.2) is 11.5 Å². The molecular weight excluding hydrogens is 198 g/mol. The Balaban J connectivity index is 1.80. The smallest absolute Gasteiger partial charge is 0.191 e. The van der Waals surface area contributed by atoms with Crippen LogP contribution in [0.5, 0.6) is 0 Å². The molecule has 2 rings (SSSR count). The molecule has 0 aromatic carbocycles. The van der Waals surface area contributed by atoms with Crippen molar-refractivity contribution in [3.63, 3.8) is 0 Å². The predicted octanol–water partition coefficient (Wildman–Crippen LogP) is 1.48. The summed E-state index contributed by atoms with van der Waals surface area (Å²) >= 11 is 1.74. The first-order chi connectivity index (χ1) is 6.92. The molecule has 0 radical (unpaired) electrons. The molecule has 0 spiro atoms. The number of aliphatic hydroxyl groups is 1. The summed E-state index contributed by atoms with van der Waals surface area (Å²) in [5.74, 6) is 1.02. The molecule has 0 amide bonds. The first-order valence-corrected chi connectivity index (χ1v) is 6.03. The molecule has 0 atom stereocenters. The number of unbranched alkanes of at least 4 members (excludes halogenated alkanes) is 1. The van der Waals surface area contributed by atoms with Crippen LogP contribution in [0.4, 0.5) is 0 Å². The normalized spacial score (nSPS) is 16.1. The van der Waals surface area contributed by atoms with Crippen molar-refractivity contribution in [3.05, 3.63) is 6.33 Å². The molecule has 14 heavy (non-hydrogen) atoms. The van der Waals surface area contributed by atoms with Gasteiger partial charge in [-0.2, -0.15) is 0 Å². The quantitative estimate of drug-likeness (QED) is 0.574. The van der Waals surface area contributed by atoms with Gasteiger partial charge in [-0.05, 0) is 25.7 Å². The fourth-order valence-electron chi connectivity index (χ4n) is 1.32. The summed E-state index contributed by atoms with van der Waals surface area (Å²) < 4.78 is 2.17. The lowest BCUT2D eigenvalue weighted by molar-refractivity contribution is 0.287. The van der Waals surface area contributed by atoms with Crippen molar-refractivity contribution in [2.45, 2.75) is 36.9 Å². The third kappa shape index (κ3) is 2.48. The minimum Gasteiger partial charge on any atom is -0.396 e. The highest BCUT2D eigenvalue weighted by Gasteiger charge is 2.25. The van der Waals surface area contributed by atoms with Crippen molar-refractivity contribution >= 4 is 11.8 Å². The average molecular weight is 213 g/mol. The standard InChI is InChI=1S/C9H15N3OS/c13-5-1-2-6-14-9-11-10-7-12(9)8-3-4-8/h7-8,13H,1-6H2. The number of aromatic nitrogens is 3. The van der Waals surface area contributed by atoms with Gasteiger partial charge in [0.1, 0.15) is 6.33 Å². The Bertz CT molecular complexity index is 285. The summed E-state index contributed by atoms with van der Waals surface area (Å²) in [7, 11) is 0. The molecule has 1 aliphatic rings.